The van der Waals surface area contributed by atoms with Gasteiger partial charge < -0.3 is 5.32 Å². The van der Waals surface area contributed by atoms with Gasteiger partial charge in [0, 0.05) is 11.9 Å². The predicted octanol–water partition coefficient (Wildman–Crippen LogP) is 2.34. The van der Waals surface area contributed by atoms with Gasteiger partial charge in [-0.25, -0.2) is 8.42 Å². The van der Waals surface area contributed by atoms with E-state index >= 15 is 0 Å². The van der Waals surface area contributed by atoms with Crippen molar-refractivity contribution in [1.82, 2.24) is 8.75 Å². The third kappa shape index (κ3) is 2.93. The molecular weight excluding hydrogens is 282 g/mol. The second-order valence-corrected chi connectivity index (χ2v) is 6.23. The highest BCUT2D eigenvalue weighted by atomic mass is 35.5. The number of benzene rings is 1. The average molecular weight is 290 g/mol. The molecule has 0 saturated carbocycles. The minimum absolute atomic E-state index is 0.269. The number of halogens is 1. The number of nitrogens with one attached hydrogen (secondary N) is 1. The molecule has 0 bridgehead atoms. The van der Waals surface area contributed by atoms with Crippen LogP contribution < -0.4 is 5.32 Å². The van der Waals surface area contributed by atoms with E-state index in [4.69, 9.17) is 11.6 Å². The van der Waals surface area contributed by atoms with Crippen molar-refractivity contribution in [3.8, 4) is 0 Å². The first-order valence-electron chi connectivity index (χ1n) is 4.52. The smallest absolute Gasteiger partial charge is 0.187 e. The Morgan fingerprint density at radius 2 is 1.88 bits per heavy atom. The molecule has 0 atom stereocenters. The van der Waals surface area contributed by atoms with E-state index in [-0.39, 0.29) is 4.90 Å². The fourth-order valence-corrected chi connectivity index (χ4v) is 2.45. The zero-order valence-corrected chi connectivity index (χ0v) is 11.1. The zero-order chi connectivity index (χ0) is 12.5. The Morgan fingerprint density at radius 3 is 2.35 bits per heavy atom. The molecule has 0 radical (unpaired) electrons. The van der Waals surface area contributed by atoms with Gasteiger partial charge in [-0.05, 0) is 24.3 Å². The number of hydrogen-bond donors (Lipinski definition) is 1. The van der Waals surface area contributed by atoms with Gasteiger partial charge in [-0.2, -0.15) is 8.75 Å². The van der Waals surface area contributed by atoms with Crippen LogP contribution in [0.3, 0.4) is 0 Å². The topological polar surface area (TPSA) is 72.0 Å². The Bertz CT molecular complexity index is 622. The minimum Gasteiger partial charge on any atom is -0.337 e. The van der Waals surface area contributed by atoms with Gasteiger partial charge in [-0.1, -0.05) is 11.6 Å². The van der Waals surface area contributed by atoms with Crippen LogP contribution in [-0.4, -0.2) is 23.4 Å². The van der Waals surface area contributed by atoms with Gasteiger partial charge in [0.25, 0.3) is 0 Å². The summed E-state index contributed by atoms with van der Waals surface area (Å²) in [6.07, 6.45) is 1.16. The number of anilines is 2. The molecule has 1 heterocycles. The van der Waals surface area contributed by atoms with Crippen molar-refractivity contribution >= 4 is 44.7 Å². The molecule has 0 aliphatic rings. The second-order valence-electron chi connectivity index (χ2n) is 3.33. The summed E-state index contributed by atoms with van der Waals surface area (Å²) in [6.45, 7) is 0. The highest BCUT2D eigenvalue weighted by molar-refractivity contribution is 7.90. The first-order valence-corrected chi connectivity index (χ1v) is 7.52. The molecule has 0 saturated heterocycles. The SMILES string of the molecule is CS(=O)(=O)c1ccc(Nc2nsnc2Cl)cc1. The third-order valence-corrected chi connectivity index (χ3v) is 4.01. The summed E-state index contributed by atoms with van der Waals surface area (Å²) < 4.78 is 30.3. The molecule has 17 heavy (non-hydrogen) atoms. The summed E-state index contributed by atoms with van der Waals surface area (Å²) in [4.78, 5) is 0.269. The van der Waals surface area contributed by atoms with Crippen molar-refractivity contribution in [2.24, 2.45) is 0 Å². The number of nitrogens with zero attached hydrogens (tertiary/aromatic N) is 2. The fourth-order valence-electron chi connectivity index (χ4n) is 1.17. The summed E-state index contributed by atoms with van der Waals surface area (Å²) in [5.74, 6) is 0.462. The van der Waals surface area contributed by atoms with Gasteiger partial charge in [0.1, 0.15) is 0 Å². The number of sulfone groups is 1. The van der Waals surface area contributed by atoms with Gasteiger partial charge in [0.2, 0.25) is 0 Å². The molecule has 90 valence electrons. The Balaban J connectivity index is 2.23. The monoisotopic (exact) mass is 289 g/mol. The normalized spacial score (nSPS) is 11.4. The lowest BCUT2D eigenvalue weighted by Gasteiger charge is -2.03. The molecule has 5 nitrogen and oxygen atoms in total. The van der Waals surface area contributed by atoms with Crippen LogP contribution >= 0.6 is 23.3 Å². The van der Waals surface area contributed by atoms with E-state index in [2.05, 4.69) is 14.1 Å². The van der Waals surface area contributed by atoms with Crippen molar-refractivity contribution in [1.29, 1.82) is 0 Å². The largest absolute Gasteiger partial charge is 0.337 e. The van der Waals surface area contributed by atoms with Crippen molar-refractivity contribution in [3.63, 3.8) is 0 Å². The van der Waals surface area contributed by atoms with Crippen LogP contribution in [0.4, 0.5) is 11.5 Å². The van der Waals surface area contributed by atoms with E-state index in [9.17, 15) is 8.42 Å². The maximum absolute atomic E-state index is 11.3. The molecule has 8 heteroatoms. The van der Waals surface area contributed by atoms with E-state index in [1.807, 2.05) is 0 Å². The van der Waals surface area contributed by atoms with Crippen LogP contribution in [0.2, 0.25) is 5.15 Å². The second kappa shape index (κ2) is 4.59. The van der Waals surface area contributed by atoms with E-state index in [0.717, 1.165) is 18.0 Å². The summed E-state index contributed by atoms with van der Waals surface area (Å²) >= 11 is 6.77. The Labute approximate surface area is 108 Å². The predicted molar refractivity (Wildman–Crippen MR) is 67.8 cm³/mol. The Kier molecular flexibility index (Phi) is 3.32. The fraction of sp³-hybridized carbons (Fsp3) is 0.111. The standard InChI is InChI=1S/C9H8ClN3O2S2/c1-17(14,15)7-4-2-6(3-5-7)11-9-8(10)12-16-13-9/h2-5H,1H3,(H,11,13). The summed E-state index contributed by atoms with van der Waals surface area (Å²) in [7, 11) is -3.17. The summed E-state index contributed by atoms with van der Waals surface area (Å²) in [5, 5.41) is 3.23. The zero-order valence-electron chi connectivity index (χ0n) is 8.71. The molecule has 1 aromatic carbocycles. The maximum Gasteiger partial charge on any atom is 0.187 e. The molecule has 0 spiro atoms. The molecule has 0 aliphatic heterocycles. The van der Waals surface area contributed by atoms with E-state index in [0.29, 0.717) is 16.7 Å². The van der Waals surface area contributed by atoms with Gasteiger partial charge in [-0.15, -0.1) is 0 Å². The highest BCUT2D eigenvalue weighted by Crippen LogP contribution is 2.23. The lowest BCUT2D eigenvalue weighted by Crippen LogP contribution is -1.97. The maximum atomic E-state index is 11.3. The van der Waals surface area contributed by atoms with Crippen LogP contribution in [-0.2, 0) is 9.84 Å². The molecule has 0 unspecified atom stereocenters. The van der Waals surface area contributed by atoms with Crippen LogP contribution in [0.25, 0.3) is 0 Å². The van der Waals surface area contributed by atoms with Crippen LogP contribution in [0.5, 0.6) is 0 Å². The molecule has 2 rings (SSSR count). The lowest BCUT2D eigenvalue weighted by atomic mass is 10.3. The quantitative estimate of drug-likeness (QED) is 0.939. The van der Waals surface area contributed by atoms with Crippen molar-refractivity contribution in [3.05, 3.63) is 29.4 Å². The van der Waals surface area contributed by atoms with E-state index in [1.165, 1.54) is 12.1 Å². The van der Waals surface area contributed by atoms with Crippen LogP contribution in [0, 0.1) is 0 Å². The first-order chi connectivity index (χ1) is 7.97. The minimum atomic E-state index is -3.17. The number of rotatable bonds is 3. The van der Waals surface area contributed by atoms with Gasteiger partial charge in [0.15, 0.2) is 20.8 Å². The van der Waals surface area contributed by atoms with Crippen LogP contribution in [0.1, 0.15) is 0 Å². The Hall–Kier alpha value is -1.18. The average Bonchev–Trinajstić information content (AvgIpc) is 2.64. The third-order valence-electron chi connectivity index (χ3n) is 1.99. The van der Waals surface area contributed by atoms with Crippen molar-refractivity contribution < 1.29 is 8.42 Å². The molecule has 1 N–H and O–H groups in total. The van der Waals surface area contributed by atoms with E-state index < -0.39 is 9.84 Å². The first kappa shape index (κ1) is 12.3. The lowest BCUT2D eigenvalue weighted by molar-refractivity contribution is 0.602. The van der Waals surface area contributed by atoms with Gasteiger partial charge >= 0.3 is 0 Å². The molecule has 0 aliphatic carbocycles. The van der Waals surface area contributed by atoms with Gasteiger partial charge in [-0.3, -0.25) is 0 Å². The molecular formula is C9H8ClN3O2S2. The van der Waals surface area contributed by atoms with Crippen molar-refractivity contribution in [2.75, 3.05) is 11.6 Å². The molecule has 0 amide bonds. The summed E-state index contributed by atoms with van der Waals surface area (Å²) in [6, 6.07) is 6.33. The summed E-state index contributed by atoms with van der Waals surface area (Å²) in [5.41, 5.74) is 0.701. The van der Waals surface area contributed by atoms with E-state index in [1.54, 1.807) is 12.1 Å². The molecule has 1 aromatic heterocycles. The number of aromatic nitrogens is 2. The highest BCUT2D eigenvalue weighted by Gasteiger charge is 2.08. The van der Waals surface area contributed by atoms with Gasteiger partial charge in [0.05, 0.1) is 16.6 Å². The molecule has 0 fully saturated rings. The van der Waals surface area contributed by atoms with Crippen LogP contribution in [0.15, 0.2) is 29.2 Å². The number of hydrogen-bond acceptors (Lipinski definition) is 6. The van der Waals surface area contributed by atoms with Crippen molar-refractivity contribution in [2.45, 2.75) is 4.90 Å². The Morgan fingerprint density at radius 1 is 1.24 bits per heavy atom. The molecule has 2 aromatic rings.